The van der Waals surface area contributed by atoms with E-state index < -0.39 is 0 Å². The highest BCUT2D eigenvalue weighted by atomic mass is 14.9. The van der Waals surface area contributed by atoms with Crippen LogP contribution in [0.15, 0.2) is 170 Å². The first-order valence-corrected chi connectivity index (χ1v) is 17.7. The van der Waals surface area contributed by atoms with Gasteiger partial charge in [0.2, 0.25) is 0 Å². The molecule has 1 aliphatic carbocycles. The molecule has 1 heterocycles. The van der Waals surface area contributed by atoms with E-state index in [2.05, 4.69) is 178 Å². The van der Waals surface area contributed by atoms with Crippen LogP contribution >= 0.6 is 0 Å². The van der Waals surface area contributed by atoms with Gasteiger partial charge in [-0.1, -0.05) is 172 Å². The van der Waals surface area contributed by atoms with Gasteiger partial charge in [0.15, 0.2) is 5.82 Å². The molecule has 8 aromatic carbocycles. The van der Waals surface area contributed by atoms with Gasteiger partial charge in [-0.15, -0.1) is 0 Å². The molecule has 51 heavy (non-hydrogen) atoms. The first-order valence-electron chi connectivity index (χ1n) is 17.7. The Morgan fingerprint density at radius 3 is 1.78 bits per heavy atom. The normalized spacial score (nSPS) is 13.1. The molecule has 0 bridgehead atoms. The van der Waals surface area contributed by atoms with Crippen molar-refractivity contribution < 1.29 is 0 Å². The summed E-state index contributed by atoms with van der Waals surface area (Å²) >= 11 is 0. The maximum atomic E-state index is 5.31. The van der Waals surface area contributed by atoms with Crippen LogP contribution in [0.4, 0.5) is 0 Å². The average molecular weight is 651 g/mol. The molecule has 9 aromatic rings. The summed E-state index contributed by atoms with van der Waals surface area (Å²) in [5, 5.41) is 7.29. The van der Waals surface area contributed by atoms with Crippen LogP contribution < -0.4 is 0 Å². The summed E-state index contributed by atoms with van der Waals surface area (Å²) in [4.78, 5) is 10.5. The molecule has 0 spiro atoms. The third-order valence-electron chi connectivity index (χ3n) is 10.9. The molecule has 2 heteroatoms. The van der Waals surface area contributed by atoms with Crippen LogP contribution in [-0.2, 0) is 5.41 Å². The van der Waals surface area contributed by atoms with Gasteiger partial charge in [0, 0.05) is 22.1 Å². The SMILES string of the molecule is CC1(C)c2ccc(-c3ccc(-c4cc(-c5ccccc5)nc(-c5cccc6ccccc56)n4)c4ccccc34)cc2-c2c1ccc1ccccc21. The minimum absolute atomic E-state index is 0.0651. The van der Waals surface area contributed by atoms with Gasteiger partial charge in [0.05, 0.1) is 11.4 Å². The highest BCUT2D eigenvalue weighted by Gasteiger charge is 2.36. The molecule has 10 rings (SSSR count). The molecular weight excluding hydrogens is 617 g/mol. The standard InChI is InChI=1S/C49H34N2/c1-49(2)43-27-24-34(29-42(43)47-37-19-9-7-14-32(37)23-28-44(47)49)36-25-26-40(39-21-11-10-20-38(36)39)46-30-45(33-15-4-3-5-16-33)50-48(51-46)41-22-12-17-31-13-6-8-18-35(31)41/h3-30H,1-2H3. The van der Waals surface area contributed by atoms with Crippen LogP contribution in [0.2, 0.25) is 0 Å². The van der Waals surface area contributed by atoms with Crippen LogP contribution in [0.1, 0.15) is 25.0 Å². The monoisotopic (exact) mass is 650 g/mol. The quantitative estimate of drug-likeness (QED) is 0.189. The van der Waals surface area contributed by atoms with E-state index >= 15 is 0 Å². The number of fused-ring (bicyclic) bond motifs is 7. The largest absolute Gasteiger partial charge is 0.228 e. The second-order valence-electron chi connectivity index (χ2n) is 14.2. The Bertz CT molecular complexity index is 2820. The van der Waals surface area contributed by atoms with Crippen molar-refractivity contribution >= 4 is 32.3 Å². The van der Waals surface area contributed by atoms with Crippen molar-refractivity contribution in [1.82, 2.24) is 9.97 Å². The number of hydrogen-bond donors (Lipinski definition) is 0. The summed E-state index contributed by atoms with van der Waals surface area (Å²) in [6, 6.07) is 61.2. The Labute approximate surface area is 297 Å². The Morgan fingerprint density at radius 2 is 0.980 bits per heavy atom. The zero-order valence-electron chi connectivity index (χ0n) is 28.6. The fraction of sp³-hybridized carbons (Fsp3) is 0.0612. The molecule has 0 saturated carbocycles. The highest BCUT2D eigenvalue weighted by Crippen LogP contribution is 2.52. The number of rotatable bonds is 4. The van der Waals surface area contributed by atoms with Crippen molar-refractivity contribution in [1.29, 1.82) is 0 Å². The summed E-state index contributed by atoms with van der Waals surface area (Å²) in [6.45, 7) is 4.71. The third kappa shape index (κ3) is 4.64. The van der Waals surface area contributed by atoms with Gasteiger partial charge in [0.1, 0.15) is 0 Å². The van der Waals surface area contributed by atoms with Gasteiger partial charge in [-0.25, -0.2) is 9.97 Å². The number of nitrogens with zero attached hydrogens (tertiary/aromatic N) is 2. The Hall–Kier alpha value is -6.38. The van der Waals surface area contributed by atoms with E-state index in [4.69, 9.17) is 9.97 Å². The summed E-state index contributed by atoms with van der Waals surface area (Å²) in [5.74, 6) is 0.725. The topological polar surface area (TPSA) is 25.8 Å². The smallest absolute Gasteiger partial charge is 0.161 e. The fourth-order valence-corrected chi connectivity index (χ4v) is 8.35. The Balaban J connectivity index is 1.17. The minimum Gasteiger partial charge on any atom is -0.228 e. The molecule has 0 fully saturated rings. The molecular formula is C49H34N2. The molecule has 0 N–H and O–H groups in total. The van der Waals surface area contributed by atoms with Crippen molar-refractivity contribution in [3.05, 3.63) is 181 Å². The van der Waals surface area contributed by atoms with Crippen molar-refractivity contribution in [3.8, 4) is 56.2 Å². The van der Waals surface area contributed by atoms with Gasteiger partial charge in [-0.3, -0.25) is 0 Å². The molecule has 0 unspecified atom stereocenters. The maximum Gasteiger partial charge on any atom is 0.161 e. The highest BCUT2D eigenvalue weighted by molar-refractivity contribution is 6.07. The number of hydrogen-bond acceptors (Lipinski definition) is 2. The average Bonchev–Trinajstić information content (AvgIpc) is 3.43. The van der Waals surface area contributed by atoms with Gasteiger partial charge in [0.25, 0.3) is 0 Å². The predicted octanol–water partition coefficient (Wildman–Crippen LogP) is 12.9. The zero-order valence-corrected chi connectivity index (χ0v) is 28.6. The molecule has 2 nitrogen and oxygen atoms in total. The third-order valence-corrected chi connectivity index (χ3v) is 10.9. The van der Waals surface area contributed by atoms with E-state index in [-0.39, 0.29) is 5.41 Å². The lowest BCUT2D eigenvalue weighted by molar-refractivity contribution is 0.661. The minimum atomic E-state index is -0.0651. The molecule has 0 atom stereocenters. The summed E-state index contributed by atoms with van der Waals surface area (Å²) in [7, 11) is 0. The van der Waals surface area contributed by atoms with Crippen molar-refractivity contribution in [3.63, 3.8) is 0 Å². The lowest BCUT2D eigenvalue weighted by Gasteiger charge is -2.22. The Morgan fingerprint density at radius 1 is 0.373 bits per heavy atom. The van der Waals surface area contributed by atoms with Gasteiger partial charge < -0.3 is 0 Å². The summed E-state index contributed by atoms with van der Waals surface area (Å²) < 4.78 is 0. The molecule has 0 saturated heterocycles. The lowest BCUT2D eigenvalue weighted by atomic mass is 9.81. The van der Waals surface area contributed by atoms with E-state index in [0.717, 1.165) is 39.3 Å². The fourth-order valence-electron chi connectivity index (χ4n) is 8.35. The summed E-state index contributed by atoms with van der Waals surface area (Å²) in [6.07, 6.45) is 0. The first-order chi connectivity index (χ1) is 25.0. The molecule has 1 aromatic heterocycles. The molecule has 0 amide bonds. The molecule has 240 valence electrons. The van der Waals surface area contributed by atoms with Crippen LogP contribution in [0, 0.1) is 0 Å². The first kappa shape index (κ1) is 29.5. The predicted molar refractivity (Wildman–Crippen MR) is 214 cm³/mol. The van der Waals surface area contributed by atoms with E-state index in [0.29, 0.717) is 0 Å². The lowest BCUT2D eigenvalue weighted by Crippen LogP contribution is -2.14. The van der Waals surface area contributed by atoms with E-state index in [1.807, 2.05) is 6.07 Å². The molecule has 0 aliphatic heterocycles. The van der Waals surface area contributed by atoms with Crippen LogP contribution in [0.5, 0.6) is 0 Å². The van der Waals surface area contributed by atoms with Crippen LogP contribution in [0.3, 0.4) is 0 Å². The van der Waals surface area contributed by atoms with Gasteiger partial charge in [-0.05, 0) is 77.8 Å². The van der Waals surface area contributed by atoms with Crippen LogP contribution in [-0.4, -0.2) is 9.97 Å². The van der Waals surface area contributed by atoms with Crippen molar-refractivity contribution in [2.24, 2.45) is 0 Å². The van der Waals surface area contributed by atoms with E-state index in [9.17, 15) is 0 Å². The zero-order chi connectivity index (χ0) is 34.1. The Kier molecular flexibility index (Phi) is 6.56. The molecule has 1 aliphatic rings. The summed E-state index contributed by atoms with van der Waals surface area (Å²) in [5.41, 5.74) is 12.9. The van der Waals surface area contributed by atoms with E-state index in [1.165, 1.54) is 60.3 Å². The maximum absolute atomic E-state index is 5.31. The number of aromatic nitrogens is 2. The van der Waals surface area contributed by atoms with Gasteiger partial charge >= 0.3 is 0 Å². The second-order valence-corrected chi connectivity index (χ2v) is 14.2. The van der Waals surface area contributed by atoms with Crippen molar-refractivity contribution in [2.75, 3.05) is 0 Å². The van der Waals surface area contributed by atoms with Crippen LogP contribution in [0.25, 0.3) is 88.5 Å². The van der Waals surface area contributed by atoms with Crippen molar-refractivity contribution in [2.45, 2.75) is 19.3 Å². The number of benzene rings is 8. The second kappa shape index (κ2) is 11.3. The van der Waals surface area contributed by atoms with Gasteiger partial charge in [-0.2, -0.15) is 0 Å². The van der Waals surface area contributed by atoms with E-state index in [1.54, 1.807) is 0 Å². The molecule has 0 radical (unpaired) electrons.